The molecule has 2 fully saturated rings. The fourth-order valence-corrected chi connectivity index (χ4v) is 4.39. The number of carbonyl (C=O) groups is 1. The number of anilines is 2. The van der Waals surface area contributed by atoms with Gasteiger partial charge < -0.3 is 19.4 Å². The molecule has 0 unspecified atom stereocenters. The van der Waals surface area contributed by atoms with Crippen LogP contribution in [-0.4, -0.2) is 63.3 Å². The van der Waals surface area contributed by atoms with Gasteiger partial charge in [-0.25, -0.2) is 0 Å². The number of piperazine rings is 1. The minimum atomic E-state index is -4.36. The van der Waals surface area contributed by atoms with Crippen LogP contribution >= 0.6 is 0 Å². The molecule has 0 spiro atoms. The van der Waals surface area contributed by atoms with E-state index >= 15 is 0 Å². The Morgan fingerprint density at radius 1 is 0.875 bits per heavy atom. The topological polar surface area (TPSA) is 36.0 Å². The SMILES string of the molecule is COC1CCN(c2ccc(C(=O)N3CCN(c4cccc(C(F)(F)F)c4)CC3)cc2)CC1. The van der Waals surface area contributed by atoms with Gasteiger partial charge in [0, 0.05) is 63.3 Å². The molecule has 1 amide bonds. The fraction of sp³-hybridized carbons (Fsp3) is 0.458. The first kappa shape index (κ1) is 22.5. The molecule has 0 N–H and O–H groups in total. The minimum Gasteiger partial charge on any atom is -0.381 e. The highest BCUT2D eigenvalue weighted by Gasteiger charge is 2.31. The Bertz CT molecular complexity index is 917. The molecule has 8 heteroatoms. The lowest BCUT2D eigenvalue weighted by atomic mass is 10.1. The molecule has 4 rings (SSSR count). The van der Waals surface area contributed by atoms with Crippen LogP contribution in [0.1, 0.15) is 28.8 Å². The number of rotatable bonds is 4. The molecule has 0 bridgehead atoms. The largest absolute Gasteiger partial charge is 0.416 e. The maximum Gasteiger partial charge on any atom is 0.416 e. The van der Waals surface area contributed by atoms with Crippen molar-refractivity contribution in [2.24, 2.45) is 0 Å². The maximum absolute atomic E-state index is 13.0. The van der Waals surface area contributed by atoms with E-state index in [-0.39, 0.29) is 5.91 Å². The van der Waals surface area contributed by atoms with Gasteiger partial charge in [-0.15, -0.1) is 0 Å². The second kappa shape index (κ2) is 9.40. The summed E-state index contributed by atoms with van der Waals surface area (Å²) in [4.78, 5) is 18.9. The molecule has 0 aliphatic carbocycles. The average molecular weight is 448 g/mol. The molecule has 2 aliphatic heterocycles. The van der Waals surface area contributed by atoms with E-state index in [2.05, 4.69) is 4.90 Å². The molecule has 2 aromatic carbocycles. The summed E-state index contributed by atoms with van der Waals surface area (Å²) >= 11 is 0. The number of amides is 1. The highest BCUT2D eigenvalue weighted by molar-refractivity contribution is 5.94. The highest BCUT2D eigenvalue weighted by Crippen LogP contribution is 2.32. The third-order valence-corrected chi connectivity index (χ3v) is 6.36. The van der Waals surface area contributed by atoms with E-state index in [9.17, 15) is 18.0 Å². The number of methoxy groups -OCH3 is 1. The quantitative estimate of drug-likeness (QED) is 0.701. The molecule has 2 aromatic rings. The van der Waals surface area contributed by atoms with E-state index in [1.165, 1.54) is 12.1 Å². The smallest absolute Gasteiger partial charge is 0.381 e. The van der Waals surface area contributed by atoms with Crippen LogP contribution in [-0.2, 0) is 10.9 Å². The molecule has 2 aliphatic rings. The van der Waals surface area contributed by atoms with Gasteiger partial charge in [-0.2, -0.15) is 13.2 Å². The van der Waals surface area contributed by atoms with Gasteiger partial charge in [0.05, 0.1) is 11.7 Å². The Balaban J connectivity index is 1.34. The van der Waals surface area contributed by atoms with Gasteiger partial charge in [0.25, 0.3) is 5.91 Å². The minimum absolute atomic E-state index is 0.0432. The van der Waals surface area contributed by atoms with Crippen LogP contribution in [0.4, 0.5) is 24.5 Å². The van der Waals surface area contributed by atoms with Crippen molar-refractivity contribution in [3.63, 3.8) is 0 Å². The number of nitrogens with zero attached hydrogens (tertiary/aromatic N) is 3. The summed E-state index contributed by atoms with van der Waals surface area (Å²) in [6, 6.07) is 13.0. The summed E-state index contributed by atoms with van der Waals surface area (Å²) in [5, 5.41) is 0. The zero-order valence-electron chi connectivity index (χ0n) is 18.1. The first-order chi connectivity index (χ1) is 15.3. The normalized spacial score (nSPS) is 18.2. The van der Waals surface area contributed by atoms with Gasteiger partial charge in [-0.3, -0.25) is 4.79 Å². The van der Waals surface area contributed by atoms with Crippen molar-refractivity contribution in [1.29, 1.82) is 0 Å². The van der Waals surface area contributed by atoms with Crippen LogP contribution in [0.3, 0.4) is 0 Å². The van der Waals surface area contributed by atoms with Crippen LogP contribution in [0.5, 0.6) is 0 Å². The molecular formula is C24H28F3N3O2. The van der Waals surface area contributed by atoms with Gasteiger partial charge >= 0.3 is 6.18 Å². The molecule has 5 nitrogen and oxygen atoms in total. The van der Waals surface area contributed by atoms with Crippen molar-refractivity contribution in [1.82, 2.24) is 4.90 Å². The van der Waals surface area contributed by atoms with Crippen molar-refractivity contribution >= 4 is 17.3 Å². The first-order valence-corrected chi connectivity index (χ1v) is 10.9. The lowest BCUT2D eigenvalue weighted by Crippen LogP contribution is -2.48. The fourth-order valence-electron chi connectivity index (χ4n) is 4.39. The van der Waals surface area contributed by atoms with Crippen LogP contribution in [0.25, 0.3) is 0 Å². The Morgan fingerprint density at radius 3 is 2.09 bits per heavy atom. The third kappa shape index (κ3) is 5.01. The van der Waals surface area contributed by atoms with Crippen LogP contribution in [0, 0.1) is 0 Å². The monoisotopic (exact) mass is 447 g/mol. The number of hydrogen-bond donors (Lipinski definition) is 0. The number of benzene rings is 2. The molecule has 2 saturated heterocycles. The second-order valence-corrected chi connectivity index (χ2v) is 8.30. The number of halogens is 3. The molecule has 0 radical (unpaired) electrons. The van der Waals surface area contributed by atoms with E-state index in [0.29, 0.717) is 43.5 Å². The summed E-state index contributed by atoms with van der Waals surface area (Å²) in [6.45, 7) is 3.81. The van der Waals surface area contributed by atoms with E-state index < -0.39 is 11.7 Å². The van der Waals surface area contributed by atoms with Gasteiger partial charge in [-0.05, 0) is 55.3 Å². The second-order valence-electron chi connectivity index (χ2n) is 8.30. The predicted octanol–water partition coefficient (Wildman–Crippen LogP) is 4.28. The summed E-state index contributed by atoms with van der Waals surface area (Å²) in [5.41, 5.74) is 1.62. The standard InChI is InChI=1S/C24H28F3N3O2/c1-32-22-9-11-28(12-10-22)20-7-5-18(6-8-20)23(31)30-15-13-29(14-16-30)21-4-2-3-19(17-21)24(25,26)27/h2-8,17,22H,9-16H2,1H3. The first-order valence-electron chi connectivity index (χ1n) is 10.9. The van der Waals surface area contributed by atoms with E-state index in [4.69, 9.17) is 4.74 Å². The van der Waals surface area contributed by atoms with E-state index in [0.717, 1.165) is 37.7 Å². The van der Waals surface area contributed by atoms with Crippen LogP contribution in [0.2, 0.25) is 0 Å². The average Bonchev–Trinajstić information content (AvgIpc) is 2.83. The molecule has 0 aromatic heterocycles. The Labute approximate surface area is 186 Å². The molecule has 32 heavy (non-hydrogen) atoms. The third-order valence-electron chi connectivity index (χ3n) is 6.36. The molecule has 0 saturated carbocycles. The highest BCUT2D eigenvalue weighted by atomic mass is 19.4. The van der Waals surface area contributed by atoms with Gasteiger partial charge in [0.15, 0.2) is 0 Å². The molecular weight excluding hydrogens is 419 g/mol. The van der Waals surface area contributed by atoms with Gasteiger partial charge in [-0.1, -0.05) is 6.07 Å². The van der Waals surface area contributed by atoms with Crippen molar-refractivity contribution in [2.75, 3.05) is 56.2 Å². The Hall–Kier alpha value is -2.74. The van der Waals surface area contributed by atoms with Gasteiger partial charge in [0.2, 0.25) is 0 Å². The van der Waals surface area contributed by atoms with Crippen LogP contribution in [0.15, 0.2) is 48.5 Å². The van der Waals surface area contributed by atoms with Gasteiger partial charge in [0.1, 0.15) is 0 Å². The van der Waals surface area contributed by atoms with E-state index in [1.54, 1.807) is 18.1 Å². The lowest BCUT2D eigenvalue weighted by molar-refractivity contribution is -0.137. The molecule has 0 atom stereocenters. The van der Waals surface area contributed by atoms with Crippen molar-refractivity contribution in [3.05, 3.63) is 59.7 Å². The number of alkyl halides is 3. The zero-order chi connectivity index (χ0) is 22.7. The Morgan fingerprint density at radius 2 is 1.50 bits per heavy atom. The van der Waals surface area contributed by atoms with Crippen LogP contribution < -0.4 is 9.80 Å². The van der Waals surface area contributed by atoms with Crippen molar-refractivity contribution < 1.29 is 22.7 Å². The summed E-state index contributed by atoms with van der Waals surface area (Å²) in [5.74, 6) is -0.0432. The maximum atomic E-state index is 13.0. The van der Waals surface area contributed by atoms with Crippen molar-refractivity contribution in [2.45, 2.75) is 25.1 Å². The number of ether oxygens (including phenoxy) is 1. The van der Waals surface area contributed by atoms with Crippen molar-refractivity contribution in [3.8, 4) is 0 Å². The van der Waals surface area contributed by atoms with E-state index in [1.807, 2.05) is 29.2 Å². The molecule has 172 valence electrons. The lowest BCUT2D eigenvalue weighted by Gasteiger charge is -2.36. The summed E-state index contributed by atoms with van der Waals surface area (Å²) < 4.78 is 44.4. The summed E-state index contributed by atoms with van der Waals surface area (Å²) in [7, 11) is 1.75. The predicted molar refractivity (Wildman–Crippen MR) is 118 cm³/mol. The zero-order valence-corrected chi connectivity index (χ0v) is 18.1. The number of piperidine rings is 1. The molecule has 2 heterocycles. The number of hydrogen-bond acceptors (Lipinski definition) is 4. The number of carbonyl (C=O) groups excluding carboxylic acids is 1. The summed E-state index contributed by atoms with van der Waals surface area (Å²) in [6.07, 6.45) is -2.05. The Kier molecular flexibility index (Phi) is 6.60.